The zero-order chi connectivity index (χ0) is 22.0. The molecule has 0 aliphatic heterocycles. The van der Waals surface area contributed by atoms with Gasteiger partial charge in [0.05, 0.1) is 16.0 Å². The fourth-order valence-corrected chi connectivity index (χ4v) is 5.90. The van der Waals surface area contributed by atoms with Gasteiger partial charge < -0.3 is 8.94 Å². The normalized spacial score (nSPS) is 12.0. The van der Waals surface area contributed by atoms with Gasteiger partial charge in [0, 0.05) is 35.5 Å². The number of aromatic nitrogens is 2. The smallest absolute Gasteiger partial charge is 0.268 e. The third-order valence-electron chi connectivity index (χ3n) is 4.78. The van der Waals surface area contributed by atoms with Gasteiger partial charge in [0.25, 0.3) is 5.89 Å². The lowest BCUT2D eigenvalue weighted by Crippen LogP contribution is -2.28. The van der Waals surface area contributed by atoms with E-state index in [1.165, 1.54) is 15.6 Å². The summed E-state index contributed by atoms with van der Waals surface area (Å²) in [5.41, 5.74) is 0.761. The van der Waals surface area contributed by atoms with E-state index in [2.05, 4.69) is 10.1 Å². The van der Waals surface area contributed by atoms with Crippen molar-refractivity contribution >= 4 is 33.0 Å². The number of hydrogen-bond acceptors (Lipinski definition) is 7. The van der Waals surface area contributed by atoms with Crippen LogP contribution in [0.25, 0.3) is 22.2 Å². The van der Waals surface area contributed by atoms with Crippen molar-refractivity contribution in [1.82, 2.24) is 14.4 Å². The summed E-state index contributed by atoms with van der Waals surface area (Å²) in [6.07, 6.45) is 2.95. The Labute approximate surface area is 189 Å². The molecule has 3 heterocycles. The molecule has 0 N–H and O–H groups in total. The molecule has 162 valence electrons. The molecule has 1 aromatic carbocycles. The molecule has 4 aromatic rings. The Bertz CT molecular complexity index is 1260. The monoisotopic (exact) mass is 477 g/mol. The standard InChI is InChI=1S/C21H20ClN3O4S2/c1-14-19(31(26,27)25(2)11-3-5-17-6-4-12-28-17)13-18(30-14)21-23-20(24-29-21)15-7-9-16(22)10-8-15/h4,6-10,12-13H,3,5,11H2,1-2H3. The van der Waals surface area contributed by atoms with Crippen molar-refractivity contribution in [3.8, 4) is 22.2 Å². The quantitative estimate of drug-likeness (QED) is 0.343. The number of hydrogen-bond donors (Lipinski definition) is 0. The minimum atomic E-state index is -3.64. The molecule has 3 aromatic heterocycles. The van der Waals surface area contributed by atoms with Crippen LogP contribution in [0.2, 0.25) is 5.02 Å². The molecule has 0 radical (unpaired) electrons. The maximum Gasteiger partial charge on any atom is 0.268 e. The molecule has 0 aliphatic rings. The van der Waals surface area contributed by atoms with Gasteiger partial charge in [0.15, 0.2) is 0 Å². The Morgan fingerprint density at radius 3 is 2.68 bits per heavy atom. The number of rotatable bonds is 8. The molecule has 0 saturated heterocycles. The first-order valence-electron chi connectivity index (χ1n) is 9.54. The van der Waals surface area contributed by atoms with Crippen LogP contribution in [-0.2, 0) is 16.4 Å². The third kappa shape index (κ3) is 4.74. The van der Waals surface area contributed by atoms with Gasteiger partial charge >= 0.3 is 0 Å². The average molecular weight is 478 g/mol. The van der Waals surface area contributed by atoms with Crippen molar-refractivity contribution in [2.24, 2.45) is 0 Å². The number of nitrogens with zero attached hydrogens (tertiary/aromatic N) is 3. The van der Waals surface area contributed by atoms with Crippen molar-refractivity contribution in [3.05, 3.63) is 64.4 Å². The number of sulfonamides is 1. The van der Waals surface area contributed by atoms with Crippen LogP contribution in [-0.4, -0.2) is 36.5 Å². The number of aryl methyl sites for hydroxylation is 2. The van der Waals surface area contributed by atoms with Crippen LogP contribution in [0, 0.1) is 6.92 Å². The van der Waals surface area contributed by atoms with Crippen LogP contribution < -0.4 is 0 Å². The Kier molecular flexibility index (Phi) is 6.29. The highest BCUT2D eigenvalue weighted by molar-refractivity contribution is 7.89. The van der Waals surface area contributed by atoms with Crippen molar-refractivity contribution in [2.45, 2.75) is 24.7 Å². The van der Waals surface area contributed by atoms with Crippen molar-refractivity contribution < 1.29 is 17.4 Å². The summed E-state index contributed by atoms with van der Waals surface area (Å²) in [4.78, 5) is 5.93. The molecule has 0 unspecified atom stereocenters. The molecule has 7 nitrogen and oxygen atoms in total. The van der Waals surface area contributed by atoms with Crippen molar-refractivity contribution in [2.75, 3.05) is 13.6 Å². The summed E-state index contributed by atoms with van der Waals surface area (Å²) in [6.45, 7) is 2.16. The van der Waals surface area contributed by atoms with Crippen LogP contribution in [0.1, 0.15) is 17.1 Å². The fourth-order valence-electron chi connectivity index (χ4n) is 3.09. The van der Waals surface area contributed by atoms with Crippen molar-refractivity contribution in [1.29, 1.82) is 0 Å². The first-order chi connectivity index (χ1) is 14.8. The van der Waals surface area contributed by atoms with Crippen LogP contribution in [0.3, 0.4) is 0 Å². The summed E-state index contributed by atoms with van der Waals surface area (Å²) in [6, 6.07) is 12.4. The summed E-state index contributed by atoms with van der Waals surface area (Å²) in [5.74, 6) is 1.53. The van der Waals surface area contributed by atoms with Crippen LogP contribution in [0.4, 0.5) is 0 Å². The van der Waals surface area contributed by atoms with Crippen LogP contribution in [0.15, 0.2) is 62.6 Å². The summed E-state index contributed by atoms with van der Waals surface area (Å²) < 4.78 is 38.2. The number of halogens is 1. The van der Waals surface area contributed by atoms with E-state index < -0.39 is 10.0 Å². The zero-order valence-electron chi connectivity index (χ0n) is 16.9. The highest BCUT2D eigenvalue weighted by atomic mass is 35.5. The maximum absolute atomic E-state index is 13.1. The fraction of sp³-hybridized carbons (Fsp3) is 0.238. The topological polar surface area (TPSA) is 89.4 Å². The molecule has 10 heteroatoms. The van der Waals surface area contributed by atoms with Gasteiger partial charge in [-0.1, -0.05) is 16.8 Å². The first-order valence-corrected chi connectivity index (χ1v) is 12.2. The maximum atomic E-state index is 13.1. The van der Waals surface area contributed by atoms with E-state index in [1.54, 1.807) is 50.6 Å². The highest BCUT2D eigenvalue weighted by Gasteiger charge is 2.26. The summed E-state index contributed by atoms with van der Waals surface area (Å²) >= 11 is 7.22. The van der Waals surface area contributed by atoms with Gasteiger partial charge in [0.1, 0.15) is 5.76 Å². The lowest BCUT2D eigenvalue weighted by Gasteiger charge is -2.16. The predicted molar refractivity (Wildman–Crippen MR) is 120 cm³/mol. The van der Waals surface area contributed by atoms with E-state index in [-0.39, 0.29) is 10.8 Å². The summed E-state index contributed by atoms with van der Waals surface area (Å²) in [5, 5.41) is 4.62. The molecule has 0 spiro atoms. The third-order valence-corrected chi connectivity index (χ3v) is 8.18. The largest absolute Gasteiger partial charge is 0.469 e. The molecule has 31 heavy (non-hydrogen) atoms. The second kappa shape index (κ2) is 8.96. The summed E-state index contributed by atoms with van der Waals surface area (Å²) in [7, 11) is -2.06. The molecule has 0 atom stereocenters. The van der Waals surface area contributed by atoms with E-state index in [4.69, 9.17) is 20.5 Å². The minimum Gasteiger partial charge on any atom is -0.469 e. The Morgan fingerprint density at radius 2 is 1.97 bits per heavy atom. The molecule has 0 bridgehead atoms. The number of benzene rings is 1. The van der Waals surface area contributed by atoms with Crippen molar-refractivity contribution in [3.63, 3.8) is 0 Å². The highest BCUT2D eigenvalue weighted by Crippen LogP contribution is 2.34. The van der Waals surface area contributed by atoms with E-state index in [0.717, 1.165) is 11.3 Å². The molecule has 0 saturated carbocycles. The van der Waals surface area contributed by atoms with Gasteiger partial charge in [-0.2, -0.15) is 4.98 Å². The van der Waals surface area contributed by atoms with Gasteiger partial charge in [-0.25, -0.2) is 12.7 Å². The van der Waals surface area contributed by atoms with Gasteiger partial charge in [-0.15, -0.1) is 11.3 Å². The second-order valence-electron chi connectivity index (χ2n) is 6.97. The zero-order valence-corrected chi connectivity index (χ0v) is 19.3. The SMILES string of the molecule is Cc1sc(-c2nc(-c3ccc(Cl)cc3)no2)cc1S(=O)(=O)N(C)CCCc1ccco1. The van der Waals surface area contributed by atoms with Gasteiger partial charge in [-0.05, 0) is 55.8 Å². The predicted octanol–water partition coefficient (Wildman–Crippen LogP) is 5.27. The molecule has 0 amide bonds. The second-order valence-corrected chi connectivity index (χ2v) is 10.7. The molecule has 4 rings (SSSR count). The van der Waals surface area contributed by atoms with E-state index >= 15 is 0 Å². The Balaban J connectivity index is 1.50. The molecule has 0 fully saturated rings. The van der Waals surface area contributed by atoms with Crippen LogP contribution in [0.5, 0.6) is 0 Å². The number of furan rings is 1. The molecular weight excluding hydrogens is 458 g/mol. The van der Waals surface area contributed by atoms with Crippen LogP contribution >= 0.6 is 22.9 Å². The average Bonchev–Trinajstić information content (AvgIpc) is 3.49. The Morgan fingerprint density at radius 1 is 1.19 bits per heavy atom. The van der Waals surface area contributed by atoms with Gasteiger partial charge in [0.2, 0.25) is 15.8 Å². The minimum absolute atomic E-state index is 0.249. The first kappa shape index (κ1) is 21.8. The van der Waals surface area contributed by atoms with Gasteiger partial charge in [-0.3, -0.25) is 0 Å². The lowest BCUT2D eigenvalue weighted by molar-refractivity contribution is 0.433. The van der Waals surface area contributed by atoms with E-state index in [1.807, 2.05) is 12.1 Å². The lowest BCUT2D eigenvalue weighted by atomic mass is 10.2. The van der Waals surface area contributed by atoms with E-state index in [0.29, 0.717) is 40.0 Å². The molecular formula is C21H20ClN3O4S2. The molecule has 0 aliphatic carbocycles. The van der Waals surface area contributed by atoms with E-state index in [9.17, 15) is 8.42 Å². The number of thiophene rings is 1. The Hall–Kier alpha value is -2.46.